The monoisotopic (exact) mass is 498 g/mol. The van der Waals surface area contributed by atoms with E-state index in [1.54, 1.807) is 31.1 Å². The summed E-state index contributed by atoms with van der Waals surface area (Å²) in [6.45, 7) is 0. The average Bonchev–Trinajstić information content (AvgIpc) is 3.21. The summed E-state index contributed by atoms with van der Waals surface area (Å²) in [6.07, 6.45) is 3.46. The van der Waals surface area contributed by atoms with Gasteiger partial charge in [0.05, 0.1) is 0 Å². The molecular formula is C21H14N4O2S2Se. The molecule has 30 heavy (non-hydrogen) atoms. The van der Waals surface area contributed by atoms with Gasteiger partial charge in [-0.3, -0.25) is 0 Å². The van der Waals surface area contributed by atoms with Crippen molar-refractivity contribution < 1.29 is 9.59 Å². The Kier molecular flexibility index (Phi) is 4.83. The van der Waals surface area contributed by atoms with E-state index < -0.39 is 5.91 Å². The van der Waals surface area contributed by atoms with Gasteiger partial charge in [-0.25, -0.2) is 0 Å². The molecule has 0 aliphatic carbocycles. The molecule has 1 N–H and O–H groups in total. The first-order valence-corrected chi connectivity index (χ1v) is 11.9. The van der Waals surface area contributed by atoms with Crippen LogP contribution < -0.4 is 10.2 Å². The number of carbonyl (C=O) groups excluding carboxylic acids is 2. The number of amides is 2. The standard InChI is InChI=1S/C21H14N4O2S2Se/c1-24-20(27)13(19(26)23-21(24)28)11-12-8-9-17(30-12)25-14-5-2-3-6-15(14)29-16-7-4-10-22-18(16)25/h2-11H,1H3,(H,23,26,28)/b13-11+. The number of pyridine rings is 1. The van der Waals surface area contributed by atoms with Gasteiger partial charge in [-0.2, -0.15) is 0 Å². The quantitative estimate of drug-likeness (QED) is 0.198. The van der Waals surface area contributed by atoms with Gasteiger partial charge in [-0.05, 0) is 0 Å². The summed E-state index contributed by atoms with van der Waals surface area (Å²) < 4.78 is 2.03. The van der Waals surface area contributed by atoms with Gasteiger partial charge in [-0.15, -0.1) is 0 Å². The van der Waals surface area contributed by atoms with Crippen LogP contribution in [0.4, 0.5) is 16.1 Å². The third-order valence-corrected chi connectivity index (χ3v) is 8.33. The van der Waals surface area contributed by atoms with Crippen molar-refractivity contribution in [3.63, 3.8) is 0 Å². The maximum absolute atomic E-state index is 12.5. The molecule has 1 aromatic carbocycles. The first kappa shape index (κ1) is 19.3. The molecule has 1 fully saturated rings. The molecule has 9 heteroatoms. The summed E-state index contributed by atoms with van der Waals surface area (Å²) in [7, 11) is 1.56. The first-order chi connectivity index (χ1) is 14.5. The van der Waals surface area contributed by atoms with Crippen LogP contribution in [-0.4, -0.2) is 48.4 Å². The number of nitrogens with one attached hydrogen (secondary N) is 1. The van der Waals surface area contributed by atoms with Crippen molar-refractivity contribution >= 4 is 77.6 Å². The van der Waals surface area contributed by atoms with Crippen molar-refractivity contribution in [3.8, 4) is 0 Å². The Balaban J connectivity index is 1.56. The Bertz CT molecular complexity index is 1210. The van der Waals surface area contributed by atoms with Crippen LogP contribution in [0.15, 0.2) is 70.1 Å². The zero-order valence-electron chi connectivity index (χ0n) is 15.7. The number of rotatable bonds is 2. The maximum atomic E-state index is 12.5. The molecular weight excluding hydrogens is 483 g/mol. The van der Waals surface area contributed by atoms with Gasteiger partial charge in [0.1, 0.15) is 0 Å². The Morgan fingerprint density at radius 3 is 2.77 bits per heavy atom. The second-order valence-electron chi connectivity index (χ2n) is 6.59. The van der Waals surface area contributed by atoms with E-state index in [9.17, 15) is 9.59 Å². The Labute approximate surface area is 188 Å². The number of thiocarbonyl (C=S) groups is 1. The molecule has 0 saturated carbocycles. The molecule has 6 nitrogen and oxygen atoms in total. The van der Waals surface area contributed by atoms with Crippen molar-refractivity contribution in [2.45, 2.75) is 9.79 Å². The van der Waals surface area contributed by atoms with Gasteiger partial charge < -0.3 is 0 Å². The summed E-state index contributed by atoms with van der Waals surface area (Å²) in [5, 5.41) is 2.68. The van der Waals surface area contributed by atoms with Crippen LogP contribution in [0.25, 0.3) is 6.08 Å². The van der Waals surface area contributed by atoms with Crippen LogP contribution in [0.1, 0.15) is 4.44 Å². The molecule has 0 spiro atoms. The van der Waals surface area contributed by atoms with Gasteiger partial charge in [0.2, 0.25) is 0 Å². The molecule has 0 unspecified atom stereocenters. The van der Waals surface area contributed by atoms with Crippen molar-refractivity contribution in [1.29, 1.82) is 0 Å². The van der Waals surface area contributed by atoms with E-state index >= 15 is 0 Å². The average molecular weight is 497 g/mol. The molecule has 2 aliphatic heterocycles. The molecule has 2 amide bonds. The third kappa shape index (κ3) is 3.20. The van der Waals surface area contributed by atoms with E-state index in [1.807, 2.05) is 30.3 Å². The van der Waals surface area contributed by atoms with Crippen molar-refractivity contribution in [2.75, 3.05) is 11.9 Å². The van der Waals surface area contributed by atoms with E-state index in [1.165, 1.54) is 9.80 Å². The minimum absolute atomic E-state index is 0.0991. The number of anilines is 3. The molecule has 148 valence electrons. The topological polar surface area (TPSA) is 65.5 Å². The zero-order chi connectivity index (χ0) is 20.8. The van der Waals surface area contributed by atoms with E-state index in [4.69, 9.17) is 12.2 Å². The van der Waals surface area contributed by atoms with Crippen molar-refractivity contribution in [3.05, 3.63) is 64.7 Å². The van der Waals surface area contributed by atoms with Crippen LogP contribution in [-0.2, 0) is 9.59 Å². The number of para-hydroxylation sites is 1. The van der Waals surface area contributed by atoms with E-state index in [0.717, 1.165) is 25.4 Å². The van der Waals surface area contributed by atoms with E-state index in [2.05, 4.69) is 33.4 Å². The number of benzene rings is 1. The van der Waals surface area contributed by atoms with Crippen LogP contribution in [0.5, 0.6) is 0 Å². The summed E-state index contributed by atoms with van der Waals surface area (Å²) >= 11 is 6.61. The molecule has 0 bridgehead atoms. The first-order valence-electron chi connectivity index (χ1n) is 9.00. The number of aromatic nitrogens is 1. The fourth-order valence-corrected chi connectivity index (χ4v) is 6.47. The molecule has 4 heterocycles. The second-order valence-corrected chi connectivity index (χ2v) is 10.4. The van der Waals surface area contributed by atoms with Crippen LogP contribution in [0.2, 0.25) is 0 Å². The van der Waals surface area contributed by atoms with Gasteiger partial charge >= 0.3 is 189 Å². The zero-order valence-corrected chi connectivity index (χ0v) is 19.0. The summed E-state index contributed by atoms with van der Waals surface area (Å²) in [5.74, 6) is 0.0498. The molecule has 3 aromatic rings. The molecule has 2 aliphatic rings. The summed E-state index contributed by atoms with van der Waals surface area (Å²) in [6, 6.07) is 16.2. The number of hydrogen-bond acceptors (Lipinski definition) is 6. The number of hydrogen-bond donors (Lipinski definition) is 1. The van der Waals surface area contributed by atoms with E-state index in [-0.39, 0.29) is 31.1 Å². The molecule has 0 radical (unpaired) electrons. The summed E-state index contributed by atoms with van der Waals surface area (Å²) in [4.78, 5) is 35.1. The van der Waals surface area contributed by atoms with Crippen molar-refractivity contribution in [2.24, 2.45) is 0 Å². The Morgan fingerprint density at radius 2 is 1.90 bits per heavy atom. The SMILES string of the molecule is CN1C(=O)/C(=C/c2ccc(N3c4ccccc4Sc4cccnc43)[se]2)C(=O)NC1=S. The predicted molar refractivity (Wildman–Crippen MR) is 121 cm³/mol. The summed E-state index contributed by atoms with van der Waals surface area (Å²) in [5.41, 5.74) is 1.18. The second kappa shape index (κ2) is 7.52. The number of nitrogens with zero attached hydrogens (tertiary/aromatic N) is 3. The minimum atomic E-state index is -0.458. The molecule has 0 atom stereocenters. The molecule has 1 saturated heterocycles. The number of fused-ring (bicyclic) bond motifs is 2. The Morgan fingerprint density at radius 1 is 1.10 bits per heavy atom. The van der Waals surface area contributed by atoms with Crippen LogP contribution >= 0.6 is 24.0 Å². The van der Waals surface area contributed by atoms with Gasteiger partial charge in [0.15, 0.2) is 0 Å². The fourth-order valence-electron chi connectivity index (χ4n) is 3.24. The van der Waals surface area contributed by atoms with Gasteiger partial charge in [-0.1, -0.05) is 0 Å². The molecule has 2 aromatic heterocycles. The van der Waals surface area contributed by atoms with Gasteiger partial charge in [0, 0.05) is 0 Å². The Hall–Kier alpha value is -2.71. The van der Waals surface area contributed by atoms with Crippen molar-refractivity contribution in [1.82, 2.24) is 15.2 Å². The molecule has 5 rings (SSSR count). The fraction of sp³-hybridized carbons (Fsp3) is 0.0476. The third-order valence-electron chi connectivity index (χ3n) is 4.71. The number of likely N-dealkylation sites (N-methyl/N-ethyl adjacent to an activating group) is 1. The normalized spacial score (nSPS) is 17.1. The van der Waals surface area contributed by atoms with E-state index in [0.29, 0.717) is 0 Å². The van der Waals surface area contributed by atoms with Crippen LogP contribution in [0, 0.1) is 0 Å². The number of carbonyl (C=O) groups is 2. The predicted octanol–water partition coefficient (Wildman–Crippen LogP) is 3.33. The van der Waals surface area contributed by atoms with Gasteiger partial charge in [0.25, 0.3) is 0 Å². The van der Waals surface area contributed by atoms with Crippen LogP contribution in [0.3, 0.4) is 0 Å².